The molecule has 0 radical (unpaired) electrons. The fourth-order valence-electron chi connectivity index (χ4n) is 1.70. The lowest BCUT2D eigenvalue weighted by molar-refractivity contribution is 0.230. The van der Waals surface area contributed by atoms with Crippen LogP contribution >= 0.6 is 24.0 Å². The Balaban J connectivity index is 0.00000400. The lowest BCUT2D eigenvalue weighted by atomic mass is 10.2. The van der Waals surface area contributed by atoms with Gasteiger partial charge in [-0.1, -0.05) is 17.7 Å². The molecular weight excluding hydrogens is 377 g/mol. The molecule has 0 saturated heterocycles. The third-order valence-electron chi connectivity index (χ3n) is 2.63. The molecule has 4 nitrogen and oxygen atoms in total. The van der Waals surface area contributed by atoms with Gasteiger partial charge in [-0.15, -0.1) is 24.0 Å². The van der Waals surface area contributed by atoms with Crippen molar-refractivity contribution in [2.75, 3.05) is 13.1 Å². The molecule has 1 aromatic rings. The Bertz CT molecular complexity index is 418. The summed E-state index contributed by atoms with van der Waals surface area (Å²) in [5, 5.41) is 6.51. The molecule has 0 spiro atoms. The van der Waals surface area contributed by atoms with Crippen molar-refractivity contribution in [3.05, 3.63) is 29.8 Å². The molecule has 0 aliphatic carbocycles. The highest BCUT2D eigenvalue weighted by atomic mass is 127. The number of halogens is 1. The molecule has 1 unspecified atom stereocenters. The summed E-state index contributed by atoms with van der Waals surface area (Å²) in [6.45, 7) is 11.8. The highest BCUT2D eigenvalue weighted by Gasteiger charge is 2.05. The minimum atomic E-state index is 0. The predicted molar refractivity (Wildman–Crippen MR) is 101 cm³/mol. The van der Waals surface area contributed by atoms with Crippen LogP contribution in [-0.4, -0.2) is 31.2 Å². The number of nitrogens with zero attached hydrogens (tertiary/aromatic N) is 1. The molecule has 1 aromatic carbocycles. The van der Waals surface area contributed by atoms with Crippen LogP contribution in [0.4, 0.5) is 0 Å². The summed E-state index contributed by atoms with van der Waals surface area (Å²) in [5.74, 6) is 1.72. The van der Waals surface area contributed by atoms with Crippen molar-refractivity contribution in [1.82, 2.24) is 10.6 Å². The van der Waals surface area contributed by atoms with Gasteiger partial charge in [0, 0.05) is 12.6 Å². The molecule has 0 fully saturated rings. The van der Waals surface area contributed by atoms with Gasteiger partial charge in [0.1, 0.15) is 11.9 Å². The number of nitrogens with one attached hydrogen (secondary N) is 2. The highest BCUT2D eigenvalue weighted by molar-refractivity contribution is 14.0. The van der Waals surface area contributed by atoms with Crippen LogP contribution in [0.15, 0.2) is 29.3 Å². The van der Waals surface area contributed by atoms with Crippen LogP contribution < -0.4 is 15.4 Å². The second-order valence-corrected chi connectivity index (χ2v) is 5.26. The van der Waals surface area contributed by atoms with E-state index in [1.807, 2.05) is 19.1 Å². The number of hydrogen-bond donors (Lipinski definition) is 2. The summed E-state index contributed by atoms with van der Waals surface area (Å²) < 4.78 is 5.84. The quantitative estimate of drug-likeness (QED) is 0.434. The lowest BCUT2D eigenvalue weighted by Gasteiger charge is -2.16. The van der Waals surface area contributed by atoms with Gasteiger partial charge < -0.3 is 15.4 Å². The molecule has 21 heavy (non-hydrogen) atoms. The van der Waals surface area contributed by atoms with Gasteiger partial charge in [-0.3, -0.25) is 0 Å². The summed E-state index contributed by atoms with van der Waals surface area (Å²) in [6, 6.07) is 8.45. The van der Waals surface area contributed by atoms with Crippen LogP contribution in [0, 0.1) is 6.92 Å². The molecule has 0 aliphatic rings. The Labute approximate surface area is 145 Å². The third kappa shape index (κ3) is 8.80. The van der Waals surface area contributed by atoms with Gasteiger partial charge in [0.15, 0.2) is 5.96 Å². The zero-order chi connectivity index (χ0) is 15.0. The van der Waals surface area contributed by atoms with Crippen LogP contribution in [0.1, 0.15) is 33.3 Å². The molecule has 5 heteroatoms. The molecule has 1 atom stereocenters. The van der Waals surface area contributed by atoms with Gasteiger partial charge in [-0.25, -0.2) is 4.99 Å². The Morgan fingerprint density at radius 1 is 1.19 bits per heavy atom. The summed E-state index contributed by atoms with van der Waals surface area (Å²) >= 11 is 0. The van der Waals surface area contributed by atoms with E-state index in [0.717, 1.165) is 18.3 Å². The van der Waals surface area contributed by atoms with E-state index < -0.39 is 0 Å². The maximum absolute atomic E-state index is 5.84. The first-order valence-corrected chi connectivity index (χ1v) is 7.29. The van der Waals surface area contributed by atoms with E-state index in [1.165, 1.54) is 5.56 Å². The van der Waals surface area contributed by atoms with Crippen LogP contribution in [0.5, 0.6) is 5.75 Å². The monoisotopic (exact) mass is 405 g/mol. The average molecular weight is 405 g/mol. The van der Waals surface area contributed by atoms with E-state index >= 15 is 0 Å². The maximum Gasteiger partial charge on any atom is 0.191 e. The minimum Gasteiger partial charge on any atom is -0.489 e. The molecule has 0 aliphatic heterocycles. The molecule has 0 aromatic heterocycles. The fraction of sp³-hybridized carbons (Fsp3) is 0.562. The number of benzene rings is 1. The van der Waals surface area contributed by atoms with Crippen LogP contribution in [0.3, 0.4) is 0 Å². The Kier molecular flexibility index (Phi) is 10.2. The molecule has 2 N–H and O–H groups in total. The number of aliphatic imine (C=N–C) groups is 1. The normalized spacial score (nSPS) is 12.6. The van der Waals surface area contributed by atoms with Gasteiger partial charge in [-0.2, -0.15) is 0 Å². The maximum atomic E-state index is 5.84. The van der Waals surface area contributed by atoms with Gasteiger partial charge in [0.05, 0.1) is 6.54 Å². The summed E-state index contributed by atoms with van der Waals surface area (Å²) in [5.41, 5.74) is 1.23. The Morgan fingerprint density at radius 3 is 2.33 bits per heavy atom. The molecule has 0 amide bonds. The van der Waals surface area contributed by atoms with E-state index in [9.17, 15) is 0 Å². The smallest absolute Gasteiger partial charge is 0.191 e. The summed E-state index contributed by atoms with van der Waals surface area (Å²) in [6.07, 6.45) is 0.0420. The zero-order valence-electron chi connectivity index (χ0n) is 13.6. The first-order chi connectivity index (χ1) is 9.51. The largest absolute Gasteiger partial charge is 0.489 e. The van der Waals surface area contributed by atoms with Crippen molar-refractivity contribution in [2.45, 2.75) is 46.8 Å². The molecule has 0 bridgehead atoms. The van der Waals surface area contributed by atoms with Crippen molar-refractivity contribution >= 4 is 29.9 Å². The number of ether oxygens (including phenoxy) is 1. The number of rotatable bonds is 6. The molecule has 1 rings (SSSR count). The average Bonchev–Trinajstić information content (AvgIpc) is 2.38. The second-order valence-electron chi connectivity index (χ2n) is 5.26. The second kappa shape index (κ2) is 10.7. The van der Waals surface area contributed by atoms with E-state index in [-0.39, 0.29) is 30.1 Å². The van der Waals surface area contributed by atoms with E-state index in [4.69, 9.17) is 4.74 Å². The van der Waals surface area contributed by atoms with E-state index in [0.29, 0.717) is 12.6 Å². The molecule has 0 saturated carbocycles. The van der Waals surface area contributed by atoms with Crippen molar-refractivity contribution in [3.63, 3.8) is 0 Å². The number of hydrogen-bond acceptors (Lipinski definition) is 2. The number of aryl methyl sites for hydroxylation is 1. The van der Waals surface area contributed by atoms with Crippen molar-refractivity contribution < 1.29 is 4.74 Å². The topological polar surface area (TPSA) is 45.7 Å². The van der Waals surface area contributed by atoms with Gasteiger partial charge >= 0.3 is 0 Å². The van der Waals surface area contributed by atoms with Gasteiger partial charge in [0.2, 0.25) is 0 Å². The van der Waals surface area contributed by atoms with Gasteiger partial charge in [0.25, 0.3) is 0 Å². The highest BCUT2D eigenvalue weighted by Crippen LogP contribution is 2.13. The fourth-order valence-corrected chi connectivity index (χ4v) is 1.70. The van der Waals surface area contributed by atoms with Gasteiger partial charge in [-0.05, 0) is 46.8 Å². The standard InChI is InChI=1S/C16H27N3O.HI/c1-6-17-16(19-12(2)3)18-11-14(5)20-15-9-7-13(4)8-10-15;/h7-10,12,14H,6,11H2,1-5H3,(H2,17,18,19);1H. The SMILES string of the molecule is CCNC(=NCC(C)Oc1ccc(C)cc1)NC(C)C.I. The van der Waals surface area contributed by atoms with Crippen molar-refractivity contribution in [3.8, 4) is 5.75 Å². The van der Waals surface area contributed by atoms with Crippen LogP contribution in [0.2, 0.25) is 0 Å². The van der Waals surface area contributed by atoms with Crippen molar-refractivity contribution in [2.24, 2.45) is 4.99 Å². The Hall–Kier alpha value is -0.980. The van der Waals surface area contributed by atoms with E-state index in [2.05, 4.69) is 55.5 Å². The third-order valence-corrected chi connectivity index (χ3v) is 2.63. The van der Waals surface area contributed by atoms with Crippen LogP contribution in [-0.2, 0) is 0 Å². The predicted octanol–water partition coefficient (Wildman–Crippen LogP) is 3.34. The summed E-state index contributed by atoms with van der Waals surface area (Å²) in [4.78, 5) is 4.54. The van der Waals surface area contributed by atoms with Crippen LogP contribution in [0.25, 0.3) is 0 Å². The summed E-state index contributed by atoms with van der Waals surface area (Å²) in [7, 11) is 0. The first-order valence-electron chi connectivity index (χ1n) is 7.29. The minimum absolute atomic E-state index is 0. The molecular formula is C16H28IN3O. The van der Waals surface area contributed by atoms with Crippen molar-refractivity contribution in [1.29, 1.82) is 0 Å². The first kappa shape index (κ1) is 20.0. The lowest BCUT2D eigenvalue weighted by Crippen LogP contribution is -2.41. The number of guanidine groups is 1. The Morgan fingerprint density at radius 2 is 1.81 bits per heavy atom. The van der Waals surface area contributed by atoms with E-state index in [1.54, 1.807) is 0 Å². The molecule has 0 heterocycles. The molecule has 120 valence electrons. The zero-order valence-corrected chi connectivity index (χ0v) is 16.0.